The van der Waals surface area contributed by atoms with E-state index >= 15 is 0 Å². The van der Waals surface area contributed by atoms with E-state index in [0.717, 1.165) is 14.8 Å². The summed E-state index contributed by atoms with van der Waals surface area (Å²) in [6, 6.07) is 3.55. The number of hydrogen-bond donors (Lipinski definition) is 2. The number of carboxylic acid groups (broad SMARTS) is 1. The van der Waals surface area contributed by atoms with Crippen molar-refractivity contribution in [1.82, 2.24) is 10.3 Å². The third-order valence-corrected chi connectivity index (χ3v) is 4.85. The first-order valence-corrected chi connectivity index (χ1v) is 8.20. The monoisotopic (exact) mass is 310 g/mol. The predicted octanol–water partition coefficient (Wildman–Crippen LogP) is 3.46. The predicted molar refractivity (Wildman–Crippen MR) is 83.1 cm³/mol. The van der Waals surface area contributed by atoms with Crippen molar-refractivity contribution in [2.75, 3.05) is 0 Å². The fourth-order valence-corrected chi connectivity index (χ4v) is 3.54. The topological polar surface area (TPSA) is 62.2 Å². The van der Waals surface area contributed by atoms with Crippen LogP contribution in [0.15, 0.2) is 23.7 Å². The van der Waals surface area contributed by atoms with E-state index in [1.165, 1.54) is 0 Å². The molecule has 0 unspecified atom stereocenters. The van der Waals surface area contributed by atoms with Gasteiger partial charge in [-0.15, -0.1) is 22.7 Å². The fourth-order valence-electron chi connectivity index (χ4n) is 1.87. The Bertz CT molecular complexity index is 549. The Morgan fingerprint density at radius 3 is 2.90 bits per heavy atom. The first-order chi connectivity index (χ1) is 9.56. The lowest BCUT2D eigenvalue weighted by Gasteiger charge is -2.15. The van der Waals surface area contributed by atoms with Gasteiger partial charge in [0.25, 0.3) is 0 Å². The van der Waals surface area contributed by atoms with Gasteiger partial charge in [0, 0.05) is 17.6 Å². The molecule has 0 saturated carbocycles. The molecule has 0 saturated heterocycles. The van der Waals surface area contributed by atoms with E-state index in [1.54, 1.807) is 22.7 Å². The summed E-state index contributed by atoms with van der Waals surface area (Å²) in [5.74, 6) is -0.437. The van der Waals surface area contributed by atoms with Gasteiger partial charge in [-0.25, -0.2) is 4.98 Å². The van der Waals surface area contributed by atoms with Gasteiger partial charge in [-0.3, -0.25) is 10.1 Å². The molecular formula is C14H18N2O2S2. The van der Waals surface area contributed by atoms with Crippen LogP contribution in [-0.4, -0.2) is 22.1 Å². The zero-order valence-corrected chi connectivity index (χ0v) is 13.1. The number of aromatic nitrogens is 1. The molecule has 0 fully saturated rings. The minimum Gasteiger partial charge on any atom is -0.480 e. The lowest BCUT2D eigenvalue weighted by molar-refractivity contribution is -0.140. The highest BCUT2D eigenvalue weighted by atomic mass is 32.1. The molecule has 0 aliphatic carbocycles. The van der Waals surface area contributed by atoms with Crippen LogP contribution in [0.5, 0.6) is 0 Å². The molecule has 6 heteroatoms. The second-order valence-corrected chi connectivity index (χ2v) is 7.07. The standard InChI is InChI=1S/C14H18N2O2S2/c1-9(2)6-11(14(17)18)15-7-10-8-16-13(20-10)12-4-3-5-19-12/h3-5,8-9,11,15H,6-7H2,1-2H3,(H,17,18)/t11-/m1/s1. The Labute approximate surface area is 126 Å². The van der Waals surface area contributed by atoms with Crippen molar-refractivity contribution in [2.45, 2.75) is 32.9 Å². The number of rotatable bonds is 7. The summed E-state index contributed by atoms with van der Waals surface area (Å²) in [6.45, 7) is 4.60. The number of nitrogens with zero attached hydrogens (tertiary/aromatic N) is 1. The summed E-state index contributed by atoms with van der Waals surface area (Å²) < 4.78 is 0. The lowest BCUT2D eigenvalue weighted by Crippen LogP contribution is -2.37. The Morgan fingerprint density at radius 1 is 1.50 bits per heavy atom. The number of carbonyl (C=O) groups is 1. The number of carboxylic acids is 1. The van der Waals surface area contributed by atoms with Gasteiger partial charge in [0.1, 0.15) is 11.0 Å². The highest BCUT2D eigenvalue weighted by Gasteiger charge is 2.18. The summed E-state index contributed by atoms with van der Waals surface area (Å²) in [5, 5.41) is 15.3. The molecule has 0 radical (unpaired) electrons. The molecule has 4 nitrogen and oxygen atoms in total. The number of hydrogen-bond acceptors (Lipinski definition) is 5. The second-order valence-electron chi connectivity index (χ2n) is 5.01. The molecule has 0 amide bonds. The molecule has 0 bridgehead atoms. The molecule has 0 aliphatic heterocycles. The van der Waals surface area contributed by atoms with Gasteiger partial charge in [0.2, 0.25) is 0 Å². The van der Waals surface area contributed by atoms with Crippen LogP contribution in [0.4, 0.5) is 0 Å². The third-order valence-electron chi connectivity index (χ3n) is 2.81. The molecule has 0 spiro atoms. The van der Waals surface area contributed by atoms with Gasteiger partial charge in [-0.1, -0.05) is 19.9 Å². The summed E-state index contributed by atoms with van der Waals surface area (Å²) in [6.07, 6.45) is 2.45. The molecule has 2 aromatic heterocycles. The van der Waals surface area contributed by atoms with Crippen LogP contribution >= 0.6 is 22.7 Å². The van der Waals surface area contributed by atoms with Gasteiger partial charge >= 0.3 is 5.97 Å². The van der Waals surface area contributed by atoms with E-state index < -0.39 is 12.0 Å². The molecule has 2 aromatic rings. The van der Waals surface area contributed by atoms with Gasteiger partial charge in [-0.2, -0.15) is 0 Å². The molecule has 2 N–H and O–H groups in total. The summed E-state index contributed by atoms with van der Waals surface area (Å²) >= 11 is 3.27. The number of aliphatic carboxylic acids is 1. The van der Waals surface area contributed by atoms with Crippen LogP contribution in [0.3, 0.4) is 0 Å². The minimum absolute atomic E-state index is 0.353. The largest absolute Gasteiger partial charge is 0.480 e. The molecule has 1 atom stereocenters. The Morgan fingerprint density at radius 2 is 2.30 bits per heavy atom. The number of nitrogens with one attached hydrogen (secondary N) is 1. The van der Waals surface area contributed by atoms with E-state index in [0.29, 0.717) is 18.9 Å². The quantitative estimate of drug-likeness (QED) is 0.822. The normalized spacial score (nSPS) is 12.8. The van der Waals surface area contributed by atoms with Crippen LogP contribution in [0.2, 0.25) is 0 Å². The van der Waals surface area contributed by atoms with Crippen molar-refractivity contribution in [2.24, 2.45) is 5.92 Å². The van der Waals surface area contributed by atoms with Crippen molar-refractivity contribution < 1.29 is 9.90 Å². The first kappa shape index (κ1) is 15.2. The van der Waals surface area contributed by atoms with Gasteiger partial charge in [-0.05, 0) is 23.8 Å². The van der Waals surface area contributed by atoms with Gasteiger partial charge in [0.05, 0.1) is 4.88 Å². The lowest BCUT2D eigenvalue weighted by atomic mass is 10.0. The van der Waals surface area contributed by atoms with Gasteiger partial charge < -0.3 is 5.11 Å². The molecule has 2 heterocycles. The molecular weight excluding hydrogens is 292 g/mol. The highest BCUT2D eigenvalue weighted by molar-refractivity contribution is 7.20. The Kier molecular flexibility index (Phi) is 5.28. The summed E-state index contributed by atoms with van der Waals surface area (Å²) in [4.78, 5) is 17.8. The Hall–Kier alpha value is -1.24. The Balaban J connectivity index is 1.95. The molecule has 20 heavy (non-hydrogen) atoms. The molecule has 0 aliphatic rings. The van der Waals surface area contributed by atoms with E-state index in [-0.39, 0.29) is 0 Å². The molecule has 2 rings (SSSR count). The molecule has 108 valence electrons. The van der Waals surface area contributed by atoms with E-state index in [9.17, 15) is 9.90 Å². The molecule has 0 aromatic carbocycles. The van der Waals surface area contributed by atoms with E-state index in [1.807, 2.05) is 37.6 Å². The maximum Gasteiger partial charge on any atom is 0.320 e. The summed E-state index contributed by atoms with van der Waals surface area (Å²) in [5.41, 5.74) is 0. The van der Waals surface area contributed by atoms with Crippen LogP contribution in [-0.2, 0) is 11.3 Å². The third kappa shape index (κ3) is 4.13. The van der Waals surface area contributed by atoms with E-state index in [2.05, 4.69) is 10.3 Å². The average Bonchev–Trinajstić information content (AvgIpc) is 3.03. The van der Waals surface area contributed by atoms with Crippen LogP contribution < -0.4 is 5.32 Å². The fraction of sp³-hybridized carbons (Fsp3) is 0.429. The smallest absolute Gasteiger partial charge is 0.320 e. The van der Waals surface area contributed by atoms with Crippen molar-refractivity contribution in [1.29, 1.82) is 0 Å². The average molecular weight is 310 g/mol. The van der Waals surface area contributed by atoms with Crippen LogP contribution in [0.25, 0.3) is 9.88 Å². The van der Waals surface area contributed by atoms with E-state index in [4.69, 9.17) is 0 Å². The van der Waals surface area contributed by atoms with Gasteiger partial charge in [0.15, 0.2) is 0 Å². The zero-order chi connectivity index (χ0) is 14.5. The number of thiazole rings is 1. The maximum absolute atomic E-state index is 11.2. The van der Waals surface area contributed by atoms with Crippen molar-refractivity contribution >= 4 is 28.6 Å². The van der Waals surface area contributed by atoms with Crippen molar-refractivity contribution in [3.63, 3.8) is 0 Å². The van der Waals surface area contributed by atoms with Crippen LogP contribution in [0, 0.1) is 5.92 Å². The van der Waals surface area contributed by atoms with Crippen molar-refractivity contribution in [3.8, 4) is 9.88 Å². The van der Waals surface area contributed by atoms with Crippen LogP contribution in [0.1, 0.15) is 25.1 Å². The summed E-state index contributed by atoms with van der Waals surface area (Å²) in [7, 11) is 0. The minimum atomic E-state index is -0.790. The number of thiophene rings is 1. The first-order valence-electron chi connectivity index (χ1n) is 6.51. The highest BCUT2D eigenvalue weighted by Crippen LogP contribution is 2.28. The maximum atomic E-state index is 11.2. The SMILES string of the molecule is CC(C)C[C@@H](NCc1cnc(-c2cccs2)s1)C(=O)O. The van der Waals surface area contributed by atoms with Crippen molar-refractivity contribution in [3.05, 3.63) is 28.6 Å². The second kappa shape index (κ2) is 6.97. The zero-order valence-electron chi connectivity index (χ0n) is 11.5.